The van der Waals surface area contributed by atoms with Gasteiger partial charge in [-0.25, -0.2) is 4.79 Å². The Kier molecular flexibility index (Phi) is 7.18. The van der Waals surface area contributed by atoms with Crippen LogP contribution in [0.4, 0.5) is 4.79 Å². The summed E-state index contributed by atoms with van der Waals surface area (Å²) < 4.78 is 38.1. The Hall–Kier alpha value is -3.24. The van der Waals surface area contributed by atoms with Crippen molar-refractivity contribution in [3.63, 3.8) is 0 Å². The second kappa shape index (κ2) is 10.5. The summed E-state index contributed by atoms with van der Waals surface area (Å²) in [4.78, 5) is 19.3. The molecule has 10 heteroatoms. The fourth-order valence-electron chi connectivity index (χ4n) is 5.43. The topological polar surface area (TPSA) is 104 Å². The first kappa shape index (κ1) is 27.9. The lowest BCUT2D eigenvalue weighted by Crippen LogP contribution is -2.50. The molecule has 1 amide bonds. The predicted molar refractivity (Wildman–Crippen MR) is 154 cm³/mol. The van der Waals surface area contributed by atoms with Crippen molar-refractivity contribution in [1.82, 2.24) is 19.7 Å². The highest BCUT2D eigenvalue weighted by atomic mass is 32.2. The highest BCUT2D eigenvalue weighted by Crippen LogP contribution is 2.46. The van der Waals surface area contributed by atoms with Gasteiger partial charge < -0.3 is 9.64 Å². The number of hydrogen-bond donors (Lipinski definition) is 0. The summed E-state index contributed by atoms with van der Waals surface area (Å²) in [6.45, 7) is 8.93. The van der Waals surface area contributed by atoms with Gasteiger partial charge in [0.05, 0.1) is 28.9 Å². The van der Waals surface area contributed by atoms with E-state index in [0.717, 1.165) is 53.9 Å². The summed E-state index contributed by atoms with van der Waals surface area (Å²) in [6, 6.07) is 13.0. The summed E-state index contributed by atoms with van der Waals surface area (Å²) in [5.74, 6) is 0.817. The summed E-state index contributed by atoms with van der Waals surface area (Å²) in [5.41, 5.74) is 4.55. The largest absolute Gasteiger partial charge is 0.444 e. The molecule has 0 N–H and O–H groups in total. The quantitative estimate of drug-likeness (QED) is 0.310. The number of ether oxygens (including phenoxy) is 1. The average molecular weight is 579 g/mol. The van der Waals surface area contributed by atoms with E-state index in [1.54, 1.807) is 29.2 Å². The molecule has 0 unspecified atom stereocenters. The molecule has 6 rings (SSSR count). The molecule has 218 valence electrons. The van der Waals surface area contributed by atoms with Crippen LogP contribution in [0.5, 0.6) is 0 Å². The van der Waals surface area contributed by atoms with E-state index in [2.05, 4.69) is 10.9 Å². The van der Waals surface area contributed by atoms with Crippen LogP contribution in [0.25, 0.3) is 11.3 Å². The lowest BCUT2D eigenvalue weighted by molar-refractivity contribution is 0.00788. The number of aromatic nitrogens is 3. The first-order valence-electron chi connectivity index (χ1n) is 14.5. The molecular weight excluding hydrogens is 540 g/mol. The van der Waals surface area contributed by atoms with Crippen molar-refractivity contribution in [3.05, 3.63) is 65.6 Å². The third kappa shape index (κ3) is 6.18. The van der Waals surface area contributed by atoms with Crippen LogP contribution in [0.3, 0.4) is 0 Å². The Labute approximate surface area is 242 Å². The lowest BCUT2D eigenvalue weighted by Gasteiger charge is -2.39. The van der Waals surface area contributed by atoms with Crippen LogP contribution in [0.15, 0.2) is 53.6 Å². The van der Waals surface area contributed by atoms with Crippen molar-refractivity contribution >= 4 is 16.2 Å². The van der Waals surface area contributed by atoms with Crippen molar-refractivity contribution in [2.75, 3.05) is 19.7 Å². The van der Waals surface area contributed by atoms with Gasteiger partial charge in [-0.15, -0.1) is 0 Å². The third-order valence-electron chi connectivity index (χ3n) is 8.08. The summed E-state index contributed by atoms with van der Waals surface area (Å²) in [7, 11) is -3.76. The molecule has 0 atom stereocenters. The van der Waals surface area contributed by atoms with E-state index in [1.807, 2.05) is 45.9 Å². The molecule has 0 bridgehead atoms. The Morgan fingerprint density at radius 1 is 1.02 bits per heavy atom. The van der Waals surface area contributed by atoms with Gasteiger partial charge >= 0.3 is 6.09 Å². The third-order valence-corrected chi connectivity index (χ3v) is 9.37. The number of carbonyl (C=O) groups is 1. The van der Waals surface area contributed by atoms with Gasteiger partial charge in [-0.1, -0.05) is 23.8 Å². The molecular formula is C31H38N4O5S. The number of aryl methyl sites for hydroxylation is 1. The Morgan fingerprint density at radius 3 is 2.39 bits per heavy atom. The summed E-state index contributed by atoms with van der Waals surface area (Å²) >= 11 is 0. The van der Waals surface area contributed by atoms with E-state index in [1.165, 1.54) is 0 Å². The fourth-order valence-corrected chi connectivity index (χ4v) is 6.41. The molecule has 3 heterocycles. The van der Waals surface area contributed by atoms with E-state index >= 15 is 0 Å². The number of carbonyl (C=O) groups excluding carboxylic acids is 1. The van der Waals surface area contributed by atoms with E-state index in [9.17, 15) is 13.2 Å². The predicted octanol–water partition coefficient (Wildman–Crippen LogP) is 5.82. The molecule has 9 nitrogen and oxygen atoms in total. The minimum Gasteiger partial charge on any atom is -0.444 e. The summed E-state index contributed by atoms with van der Waals surface area (Å²) in [6.07, 6.45) is 5.75. The van der Waals surface area contributed by atoms with Crippen molar-refractivity contribution in [2.45, 2.75) is 81.8 Å². The van der Waals surface area contributed by atoms with Crippen LogP contribution < -0.4 is 0 Å². The van der Waals surface area contributed by atoms with Crippen molar-refractivity contribution < 1.29 is 22.1 Å². The molecule has 2 aliphatic carbocycles. The number of pyridine rings is 1. The van der Waals surface area contributed by atoms with Crippen molar-refractivity contribution in [2.24, 2.45) is 5.92 Å². The molecule has 2 saturated carbocycles. The normalized spacial score (nSPS) is 21.3. The molecule has 41 heavy (non-hydrogen) atoms. The van der Waals surface area contributed by atoms with Gasteiger partial charge in [-0.3, -0.25) is 13.8 Å². The van der Waals surface area contributed by atoms with E-state index in [-0.39, 0.29) is 35.5 Å². The molecule has 2 aromatic heterocycles. The van der Waals surface area contributed by atoms with E-state index in [0.29, 0.717) is 19.0 Å². The van der Waals surface area contributed by atoms with Gasteiger partial charge in [0.2, 0.25) is 0 Å². The van der Waals surface area contributed by atoms with E-state index in [4.69, 9.17) is 19.0 Å². The smallest absolute Gasteiger partial charge is 0.410 e. The van der Waals surface area contributed by atoms with Crippen LogP contribution in [-0.2, 0) is 19.0 Å². The Morgan fingerprint density at radius 2 is 1.73 bits per heavy atom. The van der Waals surface area contributed by atoms with Gasteiger partial charge in [0.1, 0.15) is 5.60 Å². The molecule has 1 aromatic carbocycles. The lowest BCUT2D eigenvalue weighted by atomic mass is 9.81. The minimum atomic E-state index is -3.76. The van der Waals surface area contributed by atoms with Gasteiger partial charge in [0.15, 0.2) is 0 Å². The zero-order valence-corrected chi connectivity index (χ0v) is 24.9. The van der Waals surface area contributed by atoms with E-state index < -0.39 is 15.7 Å². The van der Waals surface area contributed by atoms with Gasteiger partial charge in [-0.05, 0) is 83.6 Å². The number of rotatable bonds is 8. The SMILES string of the molecule is Cc1ccc(S(=O)(=O)OC[C@H]2C[C@H](n3cc(-c4cccc(C5CN(C(=O)OC(C)(C)C)C5)n4)c(C4CC4)n3)C2)cc1. The average Bonchev–Trinajstić information content (AvgIpc) is 3.60. The number of benzene rings is 1. The first-order valence-corrected chi connectivity index (χ1v) is 15.9. The number of amides is 1. The minimum absolute atomic E-state index is 0.172. The van der Waals surface area contributed by atoms with Gasteiger partial charge in [-0.2, -0.15) is 13.5 Å². The monoisotopic (exact) mass is 578 g/mol. The molecule has 0 radical (unpaired) electrons. The number of hydrogen-bond acceptors (Lipinski definition) is 7. The standard InChI is InChI=1S/C31H38N4O5S/c1-20-8-12-25(13-9-20)41(37,38)39-19-21-14-24(15-21)35-18-26(29(33-35)22-10-11-22)28-7-5-6-27(32-28)23-16-34(17-23)30(36)40-31(2,3)4/h5-9,12-13,18,21-24H,10-11,14-17,19H2,1-4H3/t21-,24-. The van der Waals surface area contributed by atoms with Crippen LogP contribution in [0.2, 0.25) is 0 Å². The second-order valence-electron chi connectivity index (χ2n) is 12.8. The number of nitrogens with zero attached hydrogens (tertiary/aromatic N) is 4. The maximum atomic E-state index is 12.6. The molecule has 1 aliphatic heterocycles. The maximum absolute atomic E-state index is 12.6. The second-order valence-corrected chi connectivity index (χ2v) is 14.4. The maximum Gasteiger partial charge on any atom is 0.410 e. The highest BCUT2D eigenvalue weighted by molar-refractivity contribution is 7.86. The molecule has 3 fully saturated rings. The van der Waals surface area contributed by atoms with Crippen LogP contribution in [0.1, 0.15) is 81.3 Å². The first-order chi connectivity index (χ1) is 19.4. The van der Waals surface area contributed by atoms with Gasteiger partial charge in [0.25, 0.3) is 10.1 Å². The van der Waals surface area contributed by atoms with Crippen molar-refractivity contribution in [3.8, 4) is 11.3 Å². The fraction of sp³-hybridized carbons (Fsp3) is 0.516. The Bertz CT molecular complexity index is 1530. The highest BCUT2D eigenvalue weighted by Gasteiger charge is 2.38. The zero-order chi connectivity index (χ0) is 28.9. The Balaban J connectivity index is 1.09. The molecule has 3 aromatic rings. The van der Waals surface area contributed by atoms with Gasteiger partial charge in [0, 0.05) is 42.4 Å². The van der Waals surface area contributed by atoms with Crippen molar-refractivity contribution in [1.29, 1.82) is 0 Å². The number of likely N-dealkylation sites (tertiary alicyclic amines) is 1. The molecule has 3 aliphatic rings. The van der Waals surface area contributed by atoms with Crippen LogP contribution in [0, 0.1) is 12.8 Å². The van der Waals surface area contributed by atoms with Crippen LogP contribution >= 0.6 is 0 Å². The molecule has 0 spiro atoms. The molecule has 1 saturated heterocycles. The zero-order valence-electron chi connectivity index (χ0n) is 24.1. The van der Waals surface area contributed by atoms with Crippen LogP contribution in [-0.4, -0.2) is 59.5 Å². The summed E-state index contributed by atoms with van der Waals surface area (Å²) in [5, 5.41) is 5.00.